The summed E-state index contributed by atoms with van der Waals surface area (Å²) in [5.74, 6) is 0. The number of nitrogens with one attached hydrogen (secondary N) is 2. The third-order valence-corrected chi connectivity index (χ3v) is 2.47. The number of nitrogens with zero attached hydrogens (tertiary/aromatic N) is 1. The smallest absolute Gasteiger partial charge is 0.170 e. The second kappa shape index (κ2) is 8.45. The lowest BCUT2D eigenvalue weighted by atomic mass is 10.2. The van der Waals surface area contributed by atoms with Crippen LogP contribution in [0.15, 0.2) is 24.3 Å². The first-order valence-corrected chi connectivity index (χ1v) is 6.30. The van der Waals surface area contributed by atoms with Crippen molar-refractivity contribution in [2.75, 3.05) is 25.1 Å². The summed E-state index contributed by atoms with van der Waals surface area (Å²) in [5.41, 5.74) is 1.51. The molecule has 0 unspecified atom stereocenters. The first-order valence-electron chi connectivity index (χ1n) is 5.89. The first-order chi connectivity index (χ1) is 8.76. The van der Waals surface area contributed by atoms with Gasteiger partial charge in [0.15, 0.2) is 5.11 Å². The zero-order valence-electron chi connectivity index (χ0n) is 10.4. The molecule has 0 fully saturated rings. The molecule has 4 nitrogen and oxygen atoms in total. The van der Waals surface area contributed by atoms with E-state index in [1.807, 2.05) is 19.1 Å². The minimum absolute atomic E-state index is 0.580. The Bertz CT molecular complexity index is 411. The molecule has 0 saturated carbocycles. The molecule has 0 aliphatic rings. The van der Waals surface area contributed by atoms with E-state index < -0.39 is 0 Å². The van der Waals surface area contributed by atoms with E-state index in [4.69, 9.17) is 22.2 Å². The van der Waals surface area contributed by atoms with Crippen LogP contribution in [-0.4, -0.2) is 24.9 Å². The van der Waals surface area contributed by atoms with Crippen molar-refractivity contribution in [1.82, 2.24) is 5.32 Å². The molecule has 0 atom stereocenters. The van der Waals surface area contributed by atoms with E-state index in [-0.39, 0.29) is 0 Å². The van der Waals surface area contributed by atoms with Gasteiger partial charge in [0.25, 0.3) is 0 Å². The molecule has 0 aromatic heterocycles. The van der Waals surface area contributed by atoms with Crippen LogP contribution in [0.4, 0.5) is 5.69 Å². The largest absolute Gasteiger partial charge is 0.382 e. The molecule has 18 heavy (non-hydrogen) atoms. The average Bonchev–Trinajstić information content (AvgIpc) is 2.39. The SMILES string of the molecule is CCOCCCNC(=S)Nc1ccc(C#N)cc1. The van der Waals surface area contributed by atoms with Gasteiger partial charge in [-0.3, -0.25) is 0 Å². The fourth-order valence-corrected chi connectivity index (χ4v) is 1.54. The zero-order chi connectivity index (χ0) is 13.2. The number of anilines is 1. The number of benzene rings is 1. The maximum atomic E-state index is 8.68. The van der Waals surface area contributed by atoms with Gasteiger partial charge in [-0.15, -0.1) is 0 Å². The number of ether oxygens (including phenoxy) is 1. The van der Waals surface area contributed by atoms with Crippen LogP contribution in [0.3, 0.4) is 0 Å². The molecule has 1 aromatic carbocycles. The maximum absolute atomic E-state index is 8.68. The van der Waals surface area contributed by atoms with Gasteiger partial charge in [0.1, 0.15) is 0 Å². The van der Waals surface area contributed by atoms with Crippen molar-refractivity contribution in [3.63, 3.8) is 0 Å². The predicted octanol–water partition coefficient (Wildman–Crippen LogP) is 2.27. The lowest BCUT2D eigenvalue weighted by Gasteiger charge is -2.10. The molecule has 0 radical (unpaired) electrons. The summed E-state index contributed by atoms with van der Waals surface area (Å²) in [5, 5.41) is 15.4. The number of nitriles is 1. The Morgan fingerprint density at radius 2 is 2.11 bits per heavy atom. The minimum atomic E-state index is 0.580. The van der Waals surface area contributed by atoms with Gasteiger partial charge in [-0.25, -0.2) is 0 Å². The highest BCUT2D eigenvalue weighted by Crippen LogP contribution is 2.08. The molecular formula is C13H17N3OS. The molecular weight excluding hydrogens is 246 g/mol. The zero-order valence-corrected chi connectivity index (χ0v) is 11.2. The van der Waals surface area contributed by atoms with E-state index >= 15 is 0 Å². The summed E-state index contributed by atoms with van der Waals surface area (Å²) in [4.78, 5) is 0. The number of thiocarbonyl (C=S) groups is 1. The van der Waals surface area contributed by atoms with Gasteiger partial charge in [0.2, 0.25) is 0 Å². The molecule has 2 N–H and O–H groups in total. The number of hydrogen-bond acceptors (Lipinski definition) is 3. The molecule has 0 aliphatic carbocycles. The topological polar surface area (TPSA) is 57.1 Å². The number of rotatable bonds is 6. The monoisotopic (exact) mass is 263 g/mol. The third kappa shape index (κ3) is 5.62. The second-order valence-corrected chi connectivity index (χ2v) is 4.03. The summed E-state index contributed by atoms with van der Waals surface area (Å²) < 4.78 is 5.22. The van der Waals surface area contributed by atoms with Crippen LogP contribution in [0.5, 0.6) is 0 Å². The van der Waals surface area contributed by atoms with Crippen LogP contribution >= 0.6 is 12.2 Å². The maximum Gasteiger partial charge on any atom is 0.170 e. The molecule has 5 heteroatoms. The van der Waals surface area contributed by atoms with Gasteiger partial charge >= 0.3 is 0 Å². The van der Waals surface area contributed by atoms with Crippen molar-refractivity contribution in [3.8, 4) is 6.07 Å². The van der Waals surface area contributed by atoms with Gasteiger partial charge in [0, 0.05) is 25.4 Å². The van der Waals surface area contributed by atoms with Gasteiger partial charge in [-0.05, 0) is 49.8 Å². The quantitative estimate of drug-likeness (QED) is 0.609. The molecule has 1 aromatic rings. The molecule has 1 rings (SSSR count). The minimum Gasteiger partial charge on any atom is -0.382 e. The van der Waals surface area contributed by atoms with Crippen molar-refractivity contribution >= 4 is 23.0 Å². The molecule has 0 bridgehead atoms. The van der Waals surface area contributed by atoms with Crippen molar-refractivity contribution in [2.24, 2.45) is 0 Å². The normalized spacial score (nSPS) is 9.56. The fraction of sp³-hybridized carbons (Fsp3) is 0.385. The molecule has 0 spiro atoms. The standard InChI is InChI=1S/C13H17N3OS/c1-2-17-9-3-8-15-13(18)16-12-6-4-11(10-14)5-7-12/h4-7H,2-3,8-9H2,1H3,(H2,15,16,18). The first kappa shape index (κ1) is 14.4. The van der Waals surface area contributed by atoms with Crippen molar-refractivity contribution in [2.45, 2.75) is 13.3 Å². The van der Waals surface area contributed by atoms with E-state index in [1.165, 1.54) is 0 Å². The van der Waals surface area contributed by atoms with Gasteiger partial charge in [-0.2, -0.15) is 5.26 Å². The van der Waals surface area contributed by atoms with Crippen LogP contribution in [0.2, 0.25) is 0 Å². The second-order valence-electron chi connectivity index (χ2n) is 3.62. The Morgan fingerprint density at radius 1 is 1.39 bits per heavy atom. The Balaban J connectivity index is 2.25. The van der Waals surface area contributed by atoms with Crippen LogP contribution in [0, 0.1) is 11.3 Å². The van der Waals surface area contributed by atoms with Crippen LogP contribution in [0.1, 0.15) is 18.9 Å². The molecule has 0 heterocycles. The van der Waals surface area contributed by atoms with Gasteiger partial charge < -0.3 is 15.4 Å². The van der Waals surface area contributed by atoms with Crippen LogP contribution < -0.4 is 10.6 Å². The fourth-order valence-electron chi connectivity index (χ4n) is 1.32. The van der Waals surface area contributed by atoms with E-state index in [2.05, 4.69) is 16.7 Å². The third-order valence-electron chi connectivity index (χ3n) is 2.23. The van der Waals surface area contributed by atoms with Crippen molar-refractivity contribution in [3.05, 3.63) is 29.8 Å². The lowest BCUT2D eigenvalue weighted by molar-refractivity contribution is 0.146. The predicted molar refractivity (Wildman–Crippen MR) is 76.5 cm³/mol. The Labute approximate surface area is 113 Å². The van der Waals surface area contributed by atoms with Crippen molar-refractivity contribution in [1.29, 1.82) is 5.26 Å². The van der Waals surface area contributed by atoms with Gasteiger partial charge in [0.05, 0.1) is 11.6 Å². The highest BCUT2D eigenvalue weighted by atomic mass is 32.1. The van der Waals surface area contributed by atoms with E-state index in [9.17, 15) is 0 Å². The molecule has 0 amide bonds. The highest BCUT2D eigenvalue weighted by Gasteiger charge is 1.97. The molecule has 0 saturated heterocycles. The van der Waals surface area contributed by atoms with E-state index in [0.29, 0.717) is 10.7 Å². The highest BCUT2D eigenvalue weighted by molar-refractivity contribution is 7.80. The number of hydrogen-bond donors (Lipinski definition) is 2. The summed E-state index contributed by atoms with van der Waals surface area (Å²) in [6.45, 7) is 4.24. The summed E-state index contributed by atoms with van der Waals surface area (Å²) in [6, 6.07) is 9.22. The van der Waals surface area contributed by atoms with Gasteiger partial charge in [-0.1, -0.05) is 0 Å². The average molecular weight is 263 g/mol. The summed E-state index contributed by atoms with van der Waals surface area (Å²) in [7, 11) is 0. The van der Waals surface area contributed by atoms with Crippen LogP contribution in [0.25, 0.3) is 0 Å². The van der Waals surface area contributed by atoms with E-state index in [1.54, 1.807) is 12.1 Å². The Hall–Kier alpha value is -1.64. The Kier molecular flexibility index (Phi) is 6.77. The van der Waals surface area contributed by atoms with E-state index in [0.717, 1.165) is 31.9 Å². The summed E-state index contributed by atoms with van der Waals surface area (Å²) >= 11 is 5.15. The Morgan fingerprint density at radius 3 is 2.72 bits per heavy atom. The van der Waals surface area contributed by atoms with Crippen molar-refractivity contribution < 1.29 is 4.74 Å². The molecule has 0 aliphatic heterocycles. The van der Waals surface area contributed by atoms with Crippen LogP contribution in [-0.2, 0) is 4.74 Å². The molecule has 96 valence electrons. The summed E-state index contributed by atoms with van der Waals surface area (Å²) in [6.07, 6.45) is 0.920. The lowest BCUT2D eigenvalue weighted by Crippen LogP contribution is -2.29.